The quantitative estimate of drug-likeness (QED) is 0.781. The molecule has 0 radical (unpaired) electrons. The SMILES string of the molecule is CC1CN2CCCCC2CN1CCCCC(C)(N)C#N. The monoisotopic (exact) mass is 278 g/mol. The highest BCUT2D eigenvalue weighted by Crippen LogP contribution is 2.24. The van der Waals surface area contributed by atoms with Crippen LogP contribution in [0.25, 0.3) is 0 Å². The number of piperazine rings is 1. The first-order valence-corrected chi connectivity index (χ1v) is 8.20. The summed E-state index contributed by atoms with van der Waals surface area (Å²) in [5.74, 6) is 0. The molecule has 114 valence electrons. The maximum absolute atomic E-state index is 8.92. The molecule has 2 rings (SSSR count). The molecule has 0 aromatic rings. The summed E-state index contributed by atoms with van der Waals surface area (Å²) in [7, 11) is 0. The van der Waals surface area contributed by atoms with Gasteiger partial charge in [0.05, 0.1) is 6.07 Å². The molecule has 2 heterocycles. The van der Waals surface area contributed by atoms with Gasteiger partial charge in [-0.25, -0.2) is 0 Å². The molecular formula is C16H30N4. The number of unbranched alkanes of at least 4 members (excludes halogenated alkanes) is 1. The van der Waals surface area contributed by atoms with Crippen LogP contribution in [-0.2, 0) is 0 Å². The van der Waals surface area contributed by atoms with Gasteiger partial charge < -0.3 is 5.73 Å². The Bertz CT molecular complexity index is 347. The number of nitrogens with zero attached hydrogens (tertiary/aromatic N) is 3. The number of hydrogen-bond donors (Lipinski definition) is 1. The van der Waals surface area contributed by atoms with Gasteiger partial charge in [-0.1, -0.05) is 6.42 Å². The van der Waals surface area contributed by atoms with Crippen molar-refractivity contribution in [3.05, 3.63) is 0 Å². The van der Waals surface area contributed by atoms with Crippen LogP contribution in [0.2, 0.25) is 0 Å². The van der Waals surface area contributed by atoms with Crippen LogP contribution in [0.3, 0.4) is 0 Å². The summed E-state index contributed by atoms with van der Waals surface area (Å²) in [5, 5.41) is 8.92. The zero-order valence-corrected chi connectivity index (χ0v) is 13.1. The Kier molecular flexibility index (Phi) is 5.42. The molecule has 0 spiro atoms. The van der Waals surface area contributed by atoms with Gasteiger partial charge in [0, 0.05) is 25.2 Å². The zero-order chi connectivity index (χ0) is 14.6. The van der Waals surface area contributed by atoms with Crippen molar-refractivity contribution in [3.63, 3.8) is 0 Å². The first-order chi connectivity index (χ1) is 9.52. The Morgan fingerprint density at radius 1 is 1.30 bits per heavy atom. The van der Waals surface area contributed by atoms with E-state index >= 15 is 0 Å². The van der Waals surface area contributed by atoms with Gasteiger partial charge in [0.15, 0.2) is 0 Å². The second-order valence-electron chi connectivity index (χ2n) is 6.97. The molecule has 2 aliphatic rings. The van der Waals surface area contributed by atoms with Gasteiger partial charge in [-0.2, -0.15) is 5.26 Å². The van der Waals surface area contributed by atoms with E-state index in [9.17, 15) is 0 Å². The molecule has 3 unspecified atom stereocenters. The molecule has 0 amide bonds. The van der Waals surface area contributed by atoms with Crippen molar-refractivity contribution in [2.24, 2.45) is 5.73 Å². The van der Waals surface area contributed by atoms with E-state index in [1.807, 2.05) is 6.92 Å². The molecule has 2 saturated heterocycles. The van der Waals surface area contributed by atoms with Gasteiger partial charge in [0.25, 0.3) is 0 Å². The highest BCUT2D eigenvalue weighted by molar-refractivity contribution is 5.00. The predicted octanol–water partition coefficient (Wildman–Crippen LogP) is 1.96. The van der Waals surface area contributed by atoms with Crippen LogP contribution in [0.15, 0.2) is 0 Å². The first kappa shape index (κ1) is 15.8. The van der Waals surface area contributed by atoms with E-state index in [0.29, 0.717) is 6.04 Å². The summed E-state index contributed by atoms with van der Waals surface area (Å²) in [5.41, 5.74) is 5.22. The van der Waals surface area contributed by atoms with Crippen molar-refractivity contribution in [2.75, 3.05) is 26.2 Å². The molecule has 2 aliphatic heterocycles. The molecular weight excluding hydrogens is 248 g/mol. The predicted molar refractivity (Wildman–Crippen MR) is 82.3 cm³/mol. The van der Waals surface area contributed by atoms with Crippen molar-refractivity contribution in [1.82, 2.24) is 9.80 Å². The summed E-state index contributed by atoms with van der Waals surface area (Å²) < 4.78 is 0. The van der Waals surface area contributed by atoms with Crippen molar-refractivity contribution in [3.8, 4) is 6.07 Å². The molecule has 0 aliphatic carbocycles. The molecule has 0 saturated carbocycles. The Morgan fingerprint density at radius 2 is 2.10 bits per heavy atom. The average molecular weight is 278 g/mol. The maximum atomic E-state index is 8.92. The summed E-state index contributed by atoms with van der Waals surface area (Å²) >= 11 is 0. The standard InChI is InChI=1S/C16H30N4/c1-14-11-20-10-5-3-7-15(20)12-19(14)9-6-4-8-16(2,18)13-17/h14-15H,3-12,18H2,1-2H3. The minimum Gasteiger partial charge on any atom is -0.314 e. The lowest BCUT2D eigenvalue weighted by Crippen LogP contribution is -2.58. The van der Waals surface area contributed by atoms with Crippen LogP contribution < -0.4 is 5.73 Å². The van der Waals surface area contributed by atoms with Crippen LogP contribution in [0.5, 0.6) is 0 Å². The van der Waals surface area contributed by atoms with Gasteiger partial charge in [-0.15, -0.1) is 0 Å². The smallest absolute Gasteiger partial charge is 0.101 e. The van der Waals surface area contributed by atoms with E-state index < -0.39 is 5.54 Å². The van der Waals surface area contributed by atoms with E-state index in [0.717, 1.165) is 31.8 Å². The minimum atomic E-state index is -0.645. The largest absolute Gasteiger partial charge is 0.314 e. The normalized spacial score (nSPS) is 31.3. The fourth-order valence-corrected chi connectivity index (χ4v) is 3.59. The summed E-state index contributed by atoms with van der Waals surface area (Å²) in [6.07, 6.45) is 7.17. The fourth-order valence-electron chi connectivity index (χ4n) is 3.59. The van der Waals surface area contributed by atoms with Crippen LogP contribution >= 0.6 is 0 Å². The molecule has 4 nitrogen and oxygen atoms in total. The number of hydrogen-bond acceptors (Lipinski definition) is 4. The first-order valence-electron chi connectivity index (χ1n) is 8.20. The van der Waals surface area contributed by atoms with Gasteiger partial charge in [-0.05, 0) is 59.0 Å². The van der Waals surface area contributed by atoms with Gasteiger partial charge in [0.1, 0.15) is 5.54 Å². The van der Waals surface area contributed by atoms with E-state index in [-0.39, 0.29) is 0 Å². The number of fused-ring (bicyclic) bond motifs is 1. The lowest BCUT2D eigenvalue weighted by molar-refractivity contribution is 0.0145. The van der Waals surface area contributed by atoms with Crippen LogP contribution in [-0.4, -0.2) is 53.6 Å². The molecule has 3 atom stereocenters. The highest BCUT2D eigenvalue weighted by atomic mass is 15.3. The molecule has 2 fully saturated rings. The van der Waals surface area contributed by atoms with Crippen LogP contribution in [0, 0.1) is 11.3 Å². The fraction of sp³-hybridized carbons (Fsp3) is 0.938. The van der Waals surface area contributed by atoms with Gasteiger partial charge >= 0.3 is 0 Å². The number of piperidine rings is 1. The van der Waals surface area contributed by atoms with Crippen molar-refractivity contribution < 1.29 is 0 Å². The molecule has 20 heavy (non-hydrogen) atoms. The second kappa shape index (κ2) is 6.89. The Morgan fingerprint density at radius 3 is 2.85 bits per heavy atom. The van der Waals surface area contributed by atoms with Gasteiger partial charge in [-0.3, -0.25) is 9.80 Å². The Hall–Kier alpha value is -0.630. The molecule has 0 aromatic heterocycles. The van der Waals surface area contributed by atoms with Crippen molar-refractivity contribution >= 4 is 0 Å². The summed E-state index contributed by atoms with van der Waals surface area (Å²) in [4.78, 5) is 5.34. The highest BCUT2D eigenvalue weighted by Gasteiger charge is 2.32. The lowest BCUT2D eigenvalue weighted by Gasteiger charge is -2.47. The van der Waals surface area contributed by atoms with E-state index in [1.165, 1.54) is 38.9 Å². The average Bonchev–Trinajstić information content (AvgIpc) is 2.44. The Balaban J connectivity index is 1.71. The van der Waals surface area contributed by atoms with E-state index in [1.54, 1.807) is 0 Å². The van der Waals surface area contributed by atoms with Gasteiger partial charge in [0.2, 0.25) is 0 Å². The molecule has 0 bridgehead atoms. The van der Waals surface area contributed by atoms with Crippen LogP contribution in [0.1, 0.15) is 52.4 Å². The third kappa shape index (κ3) is 4.18. The molecule has 4 heteroatoms. The van der Waals surface area contributed by atoms with Crippen LogP contribution in [0.4, 0.5) is 0 Å². The van der Waals surface area contributed by atoms with E-state index in [2.05, 4.69) is 22.8 Å². The minimum absolute atomic E-state index is 0.645. The lowest BCUT2D eigenvalue weighted by atomic mass is 9.96. The third-order valence-electron chi connectivity index (χ3n) is 4.96. The van der Waals surface area contributed by atoms with Crippen molar-refractivity contribution in [1.29, 1.82) is 5.26 Å². The number of rotatable bonds is 5. The Labute approximate surface area is 123 Å². The van der Waals surface area contributed by atoms with E-state index in [4.69, 9.17) is 11.0 Å². The summed E-state index contributed by atoms with van der Waals surface area (Å²) in [6, 6.07) is 3.64. The third-order valence-corrected chi connectivity index (χ3v) is 4.96. The number of nitriles is 1. The topological polar surface area (TPSA) is 56.3 Å². The zero-order valence-electron chi connectivity index (χ0n) is 13.1. The second-order valence-corrected chi connectivity index (χ2v) is 6.97. The maximum Gasteiger partial charge on any atom is 0.101 e. The number of nitrogens with two attached hydrogens (primary N) is 1. The molecule has 0 aromatic carbocycles. The summed E-state index contributed by atoms with van der Waals surface area (Å²) in [6.45, 7) is 9.11. The molecule has 2 N–H and O–H groups in total. The van der Waals surface area contributed by atoms with Crippen molar-refractivity contribution in [2.45, 2.75) is 70.0 Å².